The minimum absolute atomic E-state index is 0.407. The van der Waals surface area contributed by atoms with Gasteiger partial charge in [0.05, 0.1) is 12.5 Å². The SMILES string of the molecule is Cc1ccc(CC#N)c(-c2cccc(OCc3ccccc3)c2)c1. The van der Waals surface area contributed by atoms with E-state index in [0.29, 0.717) is 13.0 Å². The van der Waals surface area contributed by atoms with Crippen molar-refractivity contribution in [2.45, 2.75) is 20.0 Å². The lowest BCUT2D eigenvalue weighted by molar-refractivity contribution is 0.306. The number of ether oxygens (including phenoxy) is 1. The Hall–Kier alpha value is -3.05. The summed E-state index contributed by atoms with van der Waals surface area (Å²) in [6, 6.07) is 26.6. The Morgan fingerprint density at radius 3 is 2.54 bits per heavy atom. The first-order valence-electron chi connectivity index (χ1n) is 8.00. The number of nitrogens with zero attached hydrogens (tertiary/aromatic N) is 1. The van der Waals surface area contributed by atoms with E-state index in [2.05, 4.69) is 37.3 Å². The van der Waals surface area contributed by atoms with Crippen molar-refractivity contribution < 1.29 is 4.74 Å². The molecule has 3 aromatic rings. The van der Waals surface area contributed by atoms with Crippen LogP contribution in [0.3, 0.4) is 0 Å². The van der Waals surface area contributed by atoms with Crippen LogP contribution in [-0.2, 0) is 13.0 Å². The summed E-state index contributed by atoms with van der Waals surface area (Å²) in [5, 5.41) is 9.05. The van der Waals surface area contributed by atoms with Gasteiger partial charge in [-0.3, -0.25) is 0 Å². The summed E-state index contributed by atoms with van der Waals surface area (Å²) >= 11 is 0. The molecule has 0 unspecified atom stereocenters. The van der Waals surface area contributed by atoms with Crippen LogP contribution in [0.1, 0.15) is 16.7 Å². The molecule has 118 valence electrons. The van der Waals surface area contributed by atoms with Crippen LogP contribution >= 0.6 is 0 Å². The highest BCUT2D eigenvalue weighted by Crippen LogP contribution is 2.28. The molecule has 0 aliphatic heterocycles. The molecule has 0 spiro atoms. The Morgan fingerprint density at radius 1 is 0.917 bits per heavy atom. The molecule has 0 aromatic heterocycles. The first kappa shape index (κ1) is 15.8. The molecule has 0 aliphatic rings. The lowest BCUT2D eigenvalue weighted by Crippen LogP contribution is -1.95. The van der Waals surface area contributed by atoms with Gasteiger partial charge in [0.2, 0.25) is 0 Å². The van der Waals surface area contributed by atoms with Gasteiger partial charge in [-0.05, 0) is 41.3 Å². The third-order valence-electron chi connectivity index (χ3n) is 3.93. The molecule has 24 heavy (non-hydrogen) atoms. The van der Waals surface area contributed by atoms with Gasteiger partial charge in [0.25, 0.3) is 0 Å². The molecule has 0 atom stereocenters. The predicted molar refractivity (Wildman–Crippen MR) is 96.7 cm³/mol. The molecular weight excluding hydrogens is 294 g/mol. The monoisotopic (exact) mass is 313 g/mol. The first-order valence-corrected chi connectivity index (χ1v) is 8.00. The van der Waals surface area contributed by atoms with Crippen molar-refractivity contribution in [1.29, 1.82) is 5.26 Å². The van der Waals surface area contributed by atoms with Crippen LogP contribution in [-0.4, -0.2) is 0 Å². The quantitative estimate of drug-likeness (QED) is 0.639. The average molecular weight is 313 g/mol. The van der Waals surface area contributed by atoms with E-state index in [1.807, 2.05) is 48.5 Å². The van der Waals surface area contributed by atoms with E-state index in [9.17, 15) is 0 Å². The van der Waals surface area contributed by atoms with Crippen LogP contribution in [0.5, 0.6) is 5.75 Å². The second-order valence-corrected chi connectivity index (χ2v) is 5.80. The summed E-state index contributed by atoms with van der Waals surface area (Å²) in [6.07, 6.45) is 0.407. The molecule has 0 N–H and O–H groups in total. The number of rotatable bonds is 5. The Kier molecular flexibility index (Phi) is 4.93. The van der Waals surface area contributed by atoms with E-state index in [-0.39, 0.29) is 0 Å². The van der Waals surface area contributed by atoms with E-state index in [4.69, 9.17) is 10.00 Å². The number of benzene rings is 3. The summed E-state index contributed by atoms with van der Waals surface area (Å²) in [4.78, 5) is 0. The Morgan fingerprint density at radius 2 is 1.75 bits per heavy atom. The van der Waals surface area contributed by atoms with Crippen molar-refractivity contribution >= 4 is 0 Å². The third-order valence-corrected chi connectivity index (χ3v) is 3.93. The van der Waals surface area contributed by atoms with Crippen molar-refractivity contribution in [3.8, 4) is 22.9 Å². The van der Waals surface area contributed by atoms with E-state index < -0.39 is 0 Å². The molecule has 0 heterocycles. The zero-order valence-corrected chi connectivity index (χ0v) is 13.7. The number of aryl methyl sites for hydroxylation is 1. The maximum absolute atomic E-state index is 9.05. The number of nitriles is 1. The lowest BCUT2D eigenvalue weighted by Gasteiger charge is -2.11. The van der Waals surface area contributed by atoms with Gasteiger partial charge in [-0.15, -0.1) is 0 Å². The normalized spacial score (nSPS) is 10.2. The fourth-order valence-corrected chi connectivity index (χ4v) is 2.69. The topological polar surface area (TPSA) is 33.0 Å². The van der Waals surface area contributed by atoms with Crippen LogP contribution < -0.4 is 4.74 Å². The third kappa shape index (κ3) is 3.83. The number of hydrogen-bond acceptors (Lipinski definition) is 2. The fraction of sp³-hybridized carbons (Fsp3) is 0.136. The minimum Gasteiger partial charge on any atom is -0.489 e. The standard InChI is InChI=1S/C22H19NO/c1-17-10-11-19(12-13-23)22(14-17)20-8-5-9-21(15-20)24-16-18-6-3-2-4-7-18/h2-11,14-15H,12,16H2,1H3. The van der Waals surface area contributed by atoms with Gasteiger partial charge in [0.15, 0.2) is 0 Å². The van der Waals surface area contributed by atoms with Crippen LogP contribution in [0.25, 0.3) is 11.1 Å². The molecule has 0 radical (unpaired) electrons. The van der Waals surface area contributed by atoms with Gasteiger partial charge in [-0.2, -0.15) is 5.26 Å². The van der Waals surface area contributed by atoms with Gasteiger partial charge in [-0.25, -0.2) is 0 Å². The summed E-state index contributed by atoms with van der Waals surface area (Å²) in [5.74, 6) is 0.834. The molecule has 2 nitrogen and oxygen atoms in total. The van der Waals surface area contributed by atoms with Gasteiger partial charge in [0, 0.05) is 0 Å². The highest BCUT2D eigenvalue weighted by atomic mass is 16.5. The summed E-state index contributed by atoms with van der Waals surface area (Å²) in [7, 11) is 0. The van der Waals surface area contributed by atoms with Gasteiger partial charge in [0.1, 0.15) is 12.4 Å². The van der Waals surface area contributed by atoms with E-state index in [1.54, 1.807) is 0 Å². The van der Waals surface area contributed by atoms with Crippen molar-refractivity contribution in [3.05, 3.63) is 89.5 Å². The average Bonchev–Trinajstić information content (AvgIpc) is 2.63. The molecular formula is C22H19NO. The minimum atomic E-state index is 0.407. The van der Waals surface area contributed by atoms with Gasteiger partial charge < -0.3 is 4.74 Å². The maximum atomic E-state index is 9.05. The van der Waals surface area contributed by atoms with Crippen LogP contribution in [0.4, 0.5) is 0 Å². The lowest BCUT2D eigenvalue weighted by atomic mass is 9.96. The molecule has 0 saturated carbocycles. The highest BCUT2D eigenvalue weighted by molar-refractivity contribution is 5.70. The molecule has 2 heteroatoms. The summed E-state index contributed by atoms with van der Waals surface area (Å²) in [6.45, 7) is 2.61. The molecule has 0 aliphatic carbocycles. The zero-order chi connectivity index (χ0) is 16.8. The van der Waals surface area contributed by atoms with Gasteiger partial charge >= 0.3 is 0 Å². The fourth-order valence-electron chi connectivity index (χ4n) is 2.69. The largest absolute Gasteiger partial charge is 0.489 e. The molecule has 0 bridgehead atoms. The predicted octanol–water partition coefficient (Wildman–Crippen LogP) is 5.31. The first-order chi connectivity index (χ1) is 11.8. The van der Waals surface area contributed by atoms with E-state index in [1.165, 1.54) is 5.56 Å². The van der Waals surface area contributed by atoms with Crippen LogP contribution in [0.15, 0.2) is 72.8 Å². The molecule has 3 rings (SSSR count). The maximum Gasteiger partial charge on any atom is 0.120 e. The molecule has 0 amide bonds. The summed E-state index contributed by atoms with van der Waals surface area (Å²) < 4.78 is 5.92. The zero-order valence-electron chi connectivity index (χ0n) is 13.7. The molecule has 0 saturated heterocycles. The second kappa shape index (κ2) is 7.48. The van der Waals surface area contributed by atoms with E-state index >= 15 is 0 Å². The Labute approximate surface area is 143 Å². The van der Waals surface area contributed by atoms with Crippen LogP contribution in [0.2, 0.25) is 0 Å². The highest BCUT2D eigenvalue weighted by Gasteiger charge is 2.07. The van der Waals surface area contributed by atoms with Gasteiger partial charge in [-0.1, -0.05) is 66.2 Å². The van der Waals surface area contributed by atoms with Crippen molar-refractivity contribution in [1.82, 2.24) is 0 Å². The molecule has 0 fully saturated rings. The Balaban J connectivity index is 1.85. The van der Waals surface area contributed by atoms with Crippen molar-refractivity contribution in [3.63, 3.8) is 0 Å². The van der Waals surface area contributed by atoms with Crippen LogP contribution in [0, 0.1) is 18.3 Å². The van der Waals surface area contributed by atoms with E-state index in [0.717, 1.165) is 28.0 Å². The molecule has 3 aromatic carbocycles. The van der Waals surface area contributed by atoms with Crippen molar-refractivity contribution in [2.75, 3.05) is 0 Å². The van der Waals surface area contributed by atoms with Crippen molar-refractivity contribution in [2.24, 2.45) is 0 Å². The number of hydrogen-bond donors (Lipinski definition) is 0. The second-order valence-electron chi connectivity index (χ2n) is 5.80. The smallest absolute Gasteiger partial charge is 0.120 e. The summed E-state index contributed by atoms with van der Waals surface area (Å²) in [5.41, 5.74) is 5.55. The Bertz CT molecular complexity index is 863.